The van der Waals surface area contributed by atoms with E-state index in [0.717, 1.165) is 20.8 Å². The molecule has 0 aliphatic rings. The molecule has 2 aromatic carbocycles. The second-order valence-electron chi connectivity index (χ2n) is 5.68. The van der Waals surface area contributed by atoms with E-state index in [9.17, 15) is 4.79 Å². The van der Waals surface area contributed by atoms with E-state index in [1.807, 2.05) is 48.5 Å². The first kappa shape index (κ1) is 15.3. The summed E-state index contributed by atoms with van der Waals surface area (Å²) in [6.07, 6.45) is 1.59. The molecule has 4 nitrogen and oxygen atoms in total. The summed E-state index contributed by atoms with van der Waals surface area (Å²) in [5.74, 6) is 0. The van der Waals surface area contributed by atoms with Crippen molar-refractivity contribution in [2.45, 2.75) is 6.54 Å². The van der Waals surface area contributed by atoms with E-state index in [2.05, 4.69) is 11.1 Å². The molecule has 0 unspecified atom stereocenters. The van der Waals surface area contributed by atoms with Gasteiger partial charge in [0, 0.05) is 4.88 Å². The summed E-state index contributed by atoms with van der Waals surface area (Å²) in [5.41, 5.74) is 2.60. The molecule has 0 saturated heterocycles. The van der Waals surface area contributed by atoms with Crippen LogP contribution >= 0.6 is 11.3 Å². The van der Waals surface area contributed by atoms with E-state index in [1.54, 1.807) is 23.0 Å². The molecule has 0 amide bonds. The highest BCUT2D eigenvalue weighted by Crippen LogP contribution is 2.30. The largest absolute Gasteiger partial charge is 0.294 e. The standard InChI is InChI=1S/C20H13N3OS/c21-11-14-6-8-15(9-7-14)12-23-13-22-19-17(20(23)24)10-18(25-19)16-4-2-1-3-5-16/h1-10,13H,12H2. The highest BCUT2D eigenvalue weighted by molar-refractivity contribution is 7.21. The van der Waals surface area contributed by atoms with Crippen LogP contribution in [0.5, 0.6) is 0 Å². The van der Waals surface area contributed by atoms with Crippen LogP contribution in [0.1, 0.15) is 11.1 Å². The molecule has 0 atom stereocenters. The summed E-state index contributed by atoms with van der Waals surface area (Å²) >= 11 is 1.52. The number of nitrogens with zero attached hydrogens (tertiary/aromatic N) is 3. The van der Waals surface area contributed by atoms with E-state index in [1.165, 1.54) is 11.3 Å². The monoisotopic (exact) mass is 343 g/mol. The Hall–Kier alpha value is -3.23. The van der Waals surface area contributed by atoms with E-state index in [4.69, 9.17) is 5.26 Å². The Morgan fingerprint density at radius 1 is 1.08 bits per heavy atom. The Labute approximate surface area is 148 Å². The Balaban J connectivity index is 1.72. The van der Waals surface area contributed by atoms with Gasteiger partial charge in [-0.25, -0.2) is 4.98 Å². The summed E-state index contributed by atoms with van der Waals surface area (Å²) in [7, 11) is 0. The summed E-state index contributed by atoms with van der Waals surface area (Å²) in [6, 6.07) is 21.2. The zero-order chi connectivity index (χ0) is 17.2. The van der Waals surface area contributed by atoms with Gasteiger partial charge < -0.3 is 0 Å². The van der Waals surface area contributed by atoms with Crippen LogP contribution in [0.15, 0.2) is 71.8 Å². The number of hydrogen-bond donors (Lipinski definition) is 0. The van der Waals surface area contributed by atoms with Crippen molar-refractivity contribution < 1.29 is 0 Å². The number of fused-ring (bicyclic) bond motifs is 1. The molecule has 120 valence electrons. The molecule has 0 N–H and O–H groups in total. The van der Waals surface area contributed by atoms with Gasteiger partial charge in [0.2, 0.25) is 0 Å². The topological polar surface area (TPSA) is 58.7 Å². The number of benzene rings is 2. The lowest BCUT2D eigenvalue weighted by molar-refractivity contribution is 0.749. The minimum atomic E-state index is -0.0483. The minimum Gasteiger partial charge on any atom is -0.294 e. The average molecular weight is 343 g/mol. The zero-order valence-corrected chi connectivity index (χ0v) is 14.0. The Morgan fingerprint density at radius 2 is 1.84 bits per heavy atom. The molecule has 0 radical (unpaired) electrons. The Bertz CT molecular complexity index is 1140. The molecule has 0 aliphatic carbocycles. The van der Waals surface area contributed by atoms with Crippen molar-refractivity contribution in [1.82, 2.24) is 9.55 Å². The smallest absolute Gasteiger partial charge is 0.262 e. The minimum absolute atomic E-state index is 0.0483. The van der Waals surface area contributed by atoms with Gasteiger partial charge in [0.25, 0.3) is 5.56 Å². The maximum Gasteiger partial charge on any atom is 0.262 e. The van der Waals surface area contributed by atoms with Crippen molar-refractivity contribution in [3.05, 3.63) is 88.5 Å². The molecule has 25 heavy (non-hydrogen) atoms. The highest BCUT2D eigenvalue weighted by atomic mass is 32.1. The number of hydrogen-bond acceptors (Lipinski definition) is 4. The van der Waals surface area contributed by atoms with Gasteiger partial charge in [-0.1, -0.05) is 42.5 Å². The number of thiophene rings is 1. The van der Waals surface area contributed by atoms with Crippen molar-refractivity contribution in [2.24, 2.45) is 0 Å². The van der Waals surface area contributed by atoms with Crippen LogP contribution in [-0.2, 0) is 6.54 Å². The zero-order valence-electron chi connectivity index (χ0n) is 13.2. The Morgan fingerprint density at radius 3 is 2.56 bits per heavy atom. The van der Waals surface area contributed by atoms with Crippen LogP contribution in [0.25, 0.3) is 20.7 Å². The first-order valence-corrected chi connectivity index (χ1v) is 8.60. The van der Waals surface area contributed by atoms with Gasteiger partial charge in [0.15, 0.2) is 0 Å². The first-order valence-electron chi connectivity index (χ1n) is 7.78. The number of nitriles is 1. The maximum atomic E-state index is 12.8. The predicted molar refractivity (Wildman–Crippen MR) is 99.6 cm³/mol. The summed E-state index contributed by atoms with van der Waals surface area (Å²) in [6.45, 7) is 0.435. The SMILES string of the molecule is N#Cc1ccc(Cn2cnc3sc(-c4ccccc4)cc3c2=O)cc1. The molecule has 0 saturated carbocycles. The second-order valence-corrected chi connectivity index (χ2v) is 6.71. The number of aromatic nitrogens is 2. The van der Waals surface area contributed by atoms with E-state index in [-0.39, 0.29) is 5.56 Å². The lowest BCUT2D eigenvalue weighted by Crippen LogP contribution is -2.20. The fourth-order valence-electron chi connectivity index (χ4n) is 2.70. The lowest BCUT2D eigenvalue weighted by atomic mass is 10.1. The molecule has 4 aromatic rings. The van der Waals surface area contributed by atoms with Gasteiger partial charge in [0.1, 0.15) is 4.83 Å². The summed E-state index contributed by atoms with van der Waals surface area (Å²) in [5, 5.41) is 9.50. The molecule has 0 aliphatic heterocycles. The normalized spacial score (nSPS) is 10.7. The number of rotatable bonds is 3. The van der Waals surface area contributed by atoms with Crippen molar-refractivity contribution in [2.75, 3.05) is 0 Å². The van der Waals surface area contributed by atoms with Gasteiger partial charge in [-0.2, -0.15) is 5.26 Å². The van der Waals surface area contributed by atoms with E-state index >= 15 is 0 Å². The average Bonchev–Trinajstić information content (AvgIpc) is 3.11. The first-order chi connectivity index (χ1) is 12.2. The highest BCUT2D eigenvalue weighted by Gasteiger charge is 2.10. The second kappa shape index (κ2) is 6.34. The third-order valence-electron chi connectivity index (χ3n) is 4.01. The van der Waals surface area contributed by atoms with Gasteiger partial charge in [-0.15, -0.1) is 11.3 Å². The van der Waals surface area contributed by atoms with Crippen LogP contribution in [-0.4, -0.2) is 9.55 Å². The van der Waals surface area contributed by atoms with Gasteiger partial charge in [-0.05, 0) is 29.3 Å². The van der Waals surface area contributed by atoms with Gasteiger partial charge in [-0.3, -0.25) is 9.36 Å². The molecular formula is C20H13N3OS. The molecule has 2 aromatic heterocycles. The molecular weight excluding hydrogens is 330 g/mol. The van der Waals surface area contributed by atoms with Crippen LogP contribution in [0.4, 0.5) is 0 Å². The van der Waals surface area contributed by atoms with Crippen LogP contribution in [0.2, 0.25) is 0 Å². The third kappa shape index (κ3) is 2.95. The Kier molecular flexibility index (Phi) is 3.88. The fourth-order valence-corrected chi connectivity index (χ4v) is 3.69. The quantitative estimate of drug-likeness (QED) is 0.564. The molecule has 4 rings (SSSR count). The third-order valence-corrected chi connectivity index (χ3v) is 5.10. The molecule has 0 fully saturated rings. The van der Waals surface area contributed by atoms with Crippen molar-refractivity contribution in [1.29, 1.82) is 5.26 Å². The van der Waals surface area contributed by atoms with Crippen LogP contribution in [0, 0.1) is 11.3 Å². The fraction of sp³-hybridized carbons (Fsp3) is 0.0500. The van der Waals surface area contributed by atoms with Crippen molar-refractivity contribution in [3.8, 4) is 16.5 Å². The van der Waals surface area contributed by atoms with Crippen molar-refractivity contribution in [3.63, 3.8) is 0 Å². The lowest BCUT2D eigenvalue weighted by Gasteiger charge is -2.05. The van der Waals surface area contributed by atoms with Crippen LogP contribution in [0.3, 0.4) is 0 Å². The molecule has 5 heteroatoms. The van der Waals surface area contributed by atoms with Gasteiger partial charge >= 0.3 is 0 Å². The predicted octanol–water partition coefficient (Wildman–Crippen LogP) is 4.04. The summed E-state index contributed by atoms with van der Waals surface area (Å²) < 4.78 is 1.60. The van der Waals surface area contributed by atoms with Crippen molar-refractivity contribution >= 4 is 21.6 Å². The maximum absolute atomic E-state index is 12.8. The molecule has 0 bridgehead atoms. The van der Waals surface area contributed by atoms with E-state index in [0.29, 0.717) is 17.5 Å². The molecule has 0 spiro atoms. The summed E-state index contributed by atoms with van der Waals surface area (Å²) in [4.78, 5) is 19.0. The van der Waals surface area contributed by atoms with Gasteiger partial charge in [0.05, 0.1) is 29.9 Å². The molecule has 2 heterocycles. The van der Waals surface area contributed by atoms with Crippen LogP contribution < -0.4 is 5.56 Å². The van der Waals surface area contributed by atoms with E-state index < -0.39 is 0 Å².